The number of anilines is 1. The van der Waals surface area contributed by atoms with Crippen molar-refractivity contribution in [2.45, 2.75) is 6.92 Å². The van der Waals surface area contributed by atoms with Gasteiger partial charge in [0.05, 0.1) is 6.61 Å². The van der Waals surface area contributed by atoms with E-state index in [0.717, 1.165) is 4.47 Å². The number of carbonyl (C=O) groups is 2. The van der Waals surface area contributed by atoms with Crippen LogP contribution >= 0.6 is 15.9 Å². The lowest BCUT2D eigenvalue weighted by atomic mass is 10.2. The number of rotatable bonds is 4. The summed E-state index contributed by atoms with van der Waals surface area (Å²) in [6.45, 7) is 1.94. The molecule has 0 saturated carbocycles. The second-order valence-corrected chi connectivity index (χ2v) is 4.78. The fraction of sp³-hybridized carbons (Fsp3) is 0.154. The van der Waals surface area contributed by atoms with E-state index >= 15 is 0 Å². The maximum absolute atomic E-state index is 12.1. The fourth-order valence-corrected chi connectivity index (χ4v) is 1.86. The molecule has 0 unspecified atom stereocenters. The van der Waals surface area contributed by atoms with Crippen molar-refractivity contribution >= 4 is 33.5 Å². The zero-order valence-corrected chi connectivity index (χ0v) is 12.3. The van der Waals surface area contributed by atoms with Gasteiger partial charge in [-0.25, -0.2) is 14.8 Å². The summed E-state index contributed by atoms with van der Waals surface area (Å²) >= 11 is 3.31. The summed E-state index contributed by atoms with van der Waals surface area (Å²) in [6.07, 6.45) is 1.41. The van der Waals surface area contributed by atoms with Crippen LogP contribution in [0.5, 0.6) is 0 Å². The predicted molar refractivity (Wildman–Crippen MR) is 75.4 cm³/mol. The number of ether oxygens (including phenoxy) is 1. The first-order valence-corrected chi connectivity index (χ1v) is 6.74. The second kappa shape index (κ2) is 6.33. The van der Waals surface area contributed by atoms with E-state index in [0.29, 0.717) is 5.69 Å². The van der Waals surface area contributed by atoms with E-state index < -0.39 is 11.9 Å². The van der Waals surface area contributed by atoms with Crippen molar-refractivity contribution in [2.24, 2.45) is 0 Å². The second-order valence-electron chi connectivity index (χ2n) is 3.86. The zero-order chi connectivity index (χ0) is 14.5. The molecule has 2 rings (SSSR count). The summed E-state index contributed by atoms with van der Waals surface area (Å²) < 4.78 is 5.78. The van der Waals surface area contributed by atoms with Gasteiger partial charge in [0, 0.05) is 10.2 Å². The van der Waals surface area contributed by atoms with Gasteiger partial charge in [0.25, 0.3) is 11.6 Å². The van der Waals surface area contributed by atoms with Crippen LogP contribution in [-0.2, 0) is 4.74 Å². The predicted octanol–water partition coefficient (Wildman–Crippen LogP) is 2.02. The molecule has 1 amide bonds. The van der Waals surface area contributed by atoms with Crippen molar-refractivity contribution in [3.8, 4) is 0 Å². The Labute approximate surface area is 123 Å². The quantitative estimate of drug-likeness (QED) is 0.836. The molecule has 0 fully saturated rings. The molecule has 0 aliphatic rings. The van der Waals surface area contributed by atoms with E-state index in [1.165, 1.54) is 6.33 Å². The topological polar surface area (TPSA) is 85.3 Å². The van der Waals surface area contributed by atoms with Gasteiger partial charge in [0.1, 0.15) is 0 Å². The van der Waals surface area contributed by atoms with E-state index in [2.05, 4.69) is 31.2 Å². The SMILES string of the molecule is CCOC(=O)c1[nH]c[nH+]c1C(=O)Nc1ccc(Br)cc1. The molecule has 3 N–H and O–H groups in total. The highest BCUT2D eigenvalue weighted by atomic mass is 79.9. The number of halogens is 1. The number of aromatic amines is 2. The lowest BCUT2D eigenvalue weighted by Crippen LogP contribution is -2.23. The van der Waals surface area contributed by atoms with Crippen molar-refractivity contribution in [3.63, 3.8) is 0 Å². The van der Waals surface area contributed by atoms with Crippen LogP contribution in [0.2, 0.25) is 0 Å². The molecule has 2 aromatic rings. The van der Waals surface area contributed by atoms with Crippen LogP contribution in [0.1, 0.15) is 27.9 Å². The highest BCUT2D eigenvalue weighted by Gasteiger charge is 2.26. The number of carbonyl (C=O) groups excluding carboxylic acids is 2. The summed E-state index contributed by atoms with van der Waals surface area (Å²) in [5.74, 6) is -0.994. The first kappa shape index (κ1) is 14.3. The molecule has 0 aliphatic carbocycles. The van der Waals surface area contributed by atoms with Gasteiger partial charge >= 0.3 is 5.97 Å². The standard InChI is InChI=1S/C13H12BrN3O3/c1-2-20-13(19)11-10(15-7-16-11)12(18)17-9-5-3-8(14)4-6-9/h3-7H,2H2,1H3,(H,15,16)(H,17,18)/p+1. The molecule has 1 heterocycles. The first-order valence-electron chi connectivity index (χ1n) is 5.95. The van der Waals surface area contributed by atoms with Crippen molar-refractivity contribution in [2.75, 3.05) is 11.9 Å². The molecule has 0 saturated heterocycles. The number of nitrogens with one attached hydrogen (secondary N) is 3. The Morgan fingerprint density at radius 3 is 2.70 bits per heavy atom. The van der Waals surface area contributed by atoms with E-state index in [-0.39, 0.29) is 18.0 Å². The maximum atomic E-state index is 12.1. The molecule has 0 bridgehead atoms. The van der Waals surface area contributed by atoms with E-state index in [1.54, 1.807) is 19.1 Å². The number of hydrogen-bond acceptors (Lipinski definition) is 3. The monoisotopic (exact) mass is 338 g/mol. The smallest absolute Gasteiger partial charge is 0.383 e. The summed E-state index contributed by atoms with van der Waals surface area (Å²) in [5.41, 5.74) is 0.857. The van der Waals surface area contributed by atoms with Gasteiger partial charge in [-0.15, -0.1) is 0 Å². The minimum Gasteiger partial charge on any atom is -0.460 e. The normalized spacial score (nSPS) is 10.1. The van der Waals surface area contributed by atoms with Gasteiger partial charge in [-0.05, 0) is 31.2 Å². The number of amides is 1. The largest absolute Gasteiger partial charge is 0.460 e. The molecular weight excluding hydrogens is 326 g/mol. The van der Waals surface area contributed by atoms with Crippen LogP contribution in [0.4, 0.5) is 5.69 Å². The Hall–Kier alpha value is -2.15. The van der Waals surface area contributed by atoms with Crippen molar-refractivity contribution in [3.05, 3.63) is 46.5 Å². The van der Waals surface area contributed by atoms with Crippen molar-refractivity contribution < 1.29 is 19.3 Å². The third-order valence-electron chi connectivity index (χ3n) is 2.49. The van der Waals surface area contributed by atoms with Crippen molar-refractivity contribution in [1.82, 2.24) is 4.98 Å². The van der Waals surface area contributed by atoms with Crippen LogP contribution in [-0.4, -0.2) is 23.5 Å². The van der Waals surface area contributed by atoms with Gasteiger partial charge < -0.3 is 10.1 Å². The minimum absolute atomic E-state index is 0.0986. The number of hydrogen-bond donors (Lipinski definition) is 2. The van der Waals surface area contributed by atoms with Gasteiger partial charge in [-0.1, -0.05) is 15.9 Å². The summed E-state index contributed by atoms with van der Waals surface area (Å²) in [5, 5.41) is 2.69. The minimum atomic E-state index is -0.574. The first-order chi connectivity index (χ1) is 9.61. The van der Waals surface area contributed by atoms with Crippen LogP contribution in [0, 0.1) is 0 Å². The Morgan fingerprint density at radius 1 is 1.35 bits per heavy atom. The van der Waals surface area contributed by atoms with E-state index in [1.807, 2.05) is 12.1 Å². The molecular formula is C13H13BrN3O3+. The van der Waals surface area contributed by atoms with Crippen LogP contribution in [0.15, 0.2) is 35.1 Å². The van der Waals surface area contributed by atoms with Crippen molar-refractivity contribution in [1.29, 1.82) is 0 Å². The molecule has 0 spiro atoms. The number of esters is 1. The Morgan fingerprint density at radius 2 is 2.05 bits per heavy atom. The lowest BCUT2D eigenvalue weighted by molar-refractivity contribution is -0.379. The summed E-state index contributed by atoms with van der Waals surface area (Å²) in [7, 11) is 0. The van der Waals surface area contributed by atoms with Crippen LogP contribution in [0.25, 0.3) is 0 Å². The third-order valence-corrected chi connectivity index (χ3v) is 3.02. The maximum Gasteiger partial charge on any atom is 0.383 e. The molecule has 1 aromatic heterocycles. The average molecular weight is 339 g/mol. The Kier molecular flexibility index (Phi) is 4.52. The Bertz CT molecular complexity index is 622. The van der Waals surface area contributed by atoms with Gasteiger partial charge in [-0.2, -0.15) is 0 Å². The average Bonchev–Trinajstić information content (AvgIpc) is 2.91. The highest BCUT2D eigenvalue weighted by Crippen LogP contribution is 2.15. The van der Waals surface area contributed by atoms with Gasteiger partial charge in [0.2, 0.25) is 12.0 Å². The summed E-state index contributed by atoms with van der Waals surface area (Å²) in [4.78, 5) is 29.1. The molecule has 0 radical (unpaired) electrons. The van der Waals surface area contributed by atoms with Gasteiger partial charge in [0.15, 0.2) is 0 Å². The molecule has 0 aliphatic heterocycles. The van der Waals surface area contributed by atoms with E-state index in [4.69, 9.17) is 4.74 Å². The molecule has 104 valence electrons. The van der Waals surface area contributed by atoms with Crippen LogP contribution in [0.3, 0.4) is 0 Å². The molecule has 0 atom stereocenters. The number of imidazole rings is 1. The van der Waals surface area contributed by atoms with Crippen LogP contribution < -0.4 is 10.3 Å². The van der Waals surface area contributed by atoms with E-state index in [9.17, 15) is 9.59 Å². The highest BCUT2D eigenvalue weighted by molar-refractivity contribution is 9.10. The zero-order valence-electron chi connectivity index (χ0n) is 10.7. The van der Waals surface area contributed by atoms with Gasteiger partial charge in [-0.3, -0.25) is 4.79 Å². The molecule has 6 nitrogen and oxygen atoms in total. The third kappa shape index (κ3) is 3.24. The number of benzene rings is 1. The fourth-order valence-electron chi connectivity index (χ4n) is 1.59. The molecule has 20 heavy (non-hydrogen) atoms. The molecule has 1 aromatic carbocycles. The lowest BCUT2D eigenvalue weighted by Gasteiger charge is -2.03. The number of aromatic nitrogens is 2. The number of H-pyrrole nitrogens is 2. The Balaban J connectivity index is 2.15. The summed E-state index contributed by atoms with van der Waals surface area (Å²) in [6, 6.07) is 7.11. The molecule has 7 heteroatoms.